The maximum atomic E-state index is 12.5. The Labute approximate surface area is 136 Å². The van der Waals surface area contributed by atoms with E-state index in [1.165, 1.54) is 0 Å². The molecule has 3 rings (SSSR count). The summed E-state index contributed by atoms with van der Waals surface area (Å²) in [6, 6.07) is 0. The van der Waals surface area contributed by atoms with E-state index in [0.29, 0.717) is 12.4 Å². The number of fused-ring (bicyclic) bond motifs is 1. The minimum absolute atomic E-state index is 0.0163. The summed E-state index contributed by atoms with van der Waals surface area (Å²) in [6.45, 7) is 1.25. The fourth-order valence-corrected chi connectivity index (χ4v) is 4.04. The molecule has 1 aliphatic rings. The summed E-state index contributed by atoms with van der Waals surface area (Å²) >= 11 is 3.38. The molecule has 9 heteroatoms. The largest absolute Gasteiger partial charge is 0.350 e. The molecular formula is C13H18N6OS2. The van der Waals surface area contributed by atoms with Gasteiger partial charge in [-0.3, -0.25) is 4.79 Å². The number of thioether (sulfide) groups is 1. The van der Waals surface area contributed by atoms with Crippen molar-refractivity contribution in [3.05, 3.63) is 21.9 Å². The topological polar surface area (TPSA) is 85.6 Å². The smallest absolute Gasteiger partial charge is 0.231 e. The first-order valence-electron chi connectivity index (χ1n) is 7.24. The lowest BCUT2D eigenvalue weighted by atomic mass is 10.0. The van der Waals surface area contributed by atoms with E-state index in [4.69, 9.17) is 0 Å². The second-order valence-electron chi connectivity index (χ2n) is 5.19. The monoisotopic (exact) mass is 338 g/mol. The molecule has 0 saturated carbocycles. The Morgan fingerprint density at radius 1 is 1.55 bits per heavy atom. The molecule has 118 valence electrons. The van der Waals surface area contributed by atoms with E-state index in [0.717, 1.165) is 42.3 Å². The molecule has 0 fully saturated rings. The molecule has 2 aromatic rings. The molecule has 1 atom stereocenters. The lowest BCUT2D eigenvalue weighted by molar-refractivity contribution is -0.123. The number of rotatable bonds is 5. The van der Waals surface area contributed by atoms with Gasteiger partial charge >= 0.3 is 0 Å². The van der Waals surface area contributed by atoms with E-state index in [-0.39, 0.29) is 11.8 Å². The van der Waals surface area contributed by atoms with Crippen molar-refractivity contribution < 1.29 is 4.79 Å². The van der Waals surface area contributed by atoms with Crippen LogP contribution >= 0.6 is 23.1 Å². The SMILES string of the molecule is CSCc1nc(CNC(=O)[C@H]2CCCCn3nnnc32)cs1. The van der Waals surface area contributed by atoms with Crippen LogP contribution in [0.25, 0.3) is 0 Å². The normalized spacial score (nSPS) is 17.8. The Hall–Kier alpha value is -1.48. The number of amides is 1. The first-order valence-corrected chi connectivity index (χ1v) is 9.51. The minimum atomic E-state index is -0.262. The van der Waals surface area contributed by atoms with Gasteiger partial charge in [0.05, 0.1) is 18.2 Å². The van der Waals surface area contributed by atoms with Crippen molar-refractivity contribution in [2.45, 2.75) is 44.0 Å². The van der Waals surface area contributed by atoms with Gasteiger partial charge in [-0.25, -0.2) is 9.67 Å². The van der Waals surface area contributed by atoms with E-state index in [9.17, 15) is 4.79 Å². The van der Waals surface area contributed by atoms with Gasteiger partial charge in [-0.05, 0) is 29.5 Å². The van der Waals surface area contributed by atoms with Gasteiger partial charge in [0.1, 0.15) is 5.01 Å². The van der Waals surface area contributed by atoms with Gasteiger partial charge in [-0.2, -0.15) is 11.8 Å². The molecule has 0 aromatic carbocycles. The Morgan fingerprint density at radius 3 is 3.32 bits per heavy atom. The third-order valence-electron chi connectivity index (χ3n) is 3.61. The van der Waals surface area contributed by atoms with E-state index in [2.05, 4.69) is 32.1 Å². The number of carbonyl (C=O) groups excluding carboxylic acids is 1. The molecule has 0 unspecified atom stereocenters. The number of aromatic nitrogens is 5. The van der Waals surface area contributed by atoms with Crippen LogP contribution in [0.2, 0.25) is 0 Å². The van der Waals surface area contributed by atoms with E-state index in [1.807, 2.05) is 5.38 Å². The number of carbonyl (C=O) groups is 1. The summed E-state index contributed by atoms with van der Waals surface area (Å²) in [6.07, 6.45) is 4.85. The van der Waals surface area contributed by atoms with Gasteiger partial charge < -0.3 is 5.32 Å². The van der Waals surface area contributed by atoms with Crippen molar-refractivity contribution in [1.82, 2.24) is 30.5 Å². The predicted molar refractivity (Wildman–Crippen MR) is 85.6 cm³/mol. The maximum Gasteiger partial charge on any atom is 0.231 e. The zero-order valence-electron chi connectivity index (χ0n) is 12.4. The van der Waals surface area contributed by atoms with Gasteiger partial charge in [-0.1, -0.05) is 6.42 Å². The lowest BCUT2D eigenvalue weighted by Crippen LogP contribution is -2.30. The number of aryl methyl sites for hydroxylation is 1. The third-order valence-corrected chi connectivity index (χ3v) is 5.25. The van der Waals surface area contributed by atoms with E-state index < -0.39 is 0 Å². The van der Waals surface area contributed by atoms with Gasteiger partial charge in [-0.15, -0.1) is 16.4 Å². The molecule has 3 heterocycles. The van der Waals surface area contributed by atoms with Crippen LogP contribution in [0.15, 0.2) is 5.38 Å². The van der Waals surface area contributed by atoms with Gasteiger partial charge in [0.15, 0.2) is 5.82 Å². The van der Waals surface area contributed by atoms with Crippen LogP contribution in [-0.4, -0.2) is 37.4 Å². The first-order chi connectivity index (χ1) is 10.8. The van der Waals surface area contributed by atoms with Crippen LogP contribution in [-0.2, 0) is 23.6 Å². The molecule has 22 heavy (non-hydrogen) atoms. The molecular weight excluding hydrogens is 320 g/mol. The summed E-state index contributed by atoms with van der Waals surface area (Å²) in [4.78, 5) is 17.0. The highest BCUT2D eigenvalue weighted by atomic mass is 32.2. The van der Waals surface area contributed by atoms with Gasteiger partial charge in [0.2, 0.25) is 5.91 Å². The third kappa shape index (κ3) is 3.46. The zero-order chi connectivity index (χ0) is 15.4. The summed E-state index contributed by atoms with van der Waals surface area (Å²) in [5.74, 6) is 1.31. The van der Waals surface area contributed by atoms with Gasteiger partial charge in [0, 0.05) is 17.7 Å². The van der Waals surface area contributed by atoms with E-state index in [1.54, 1.807) is 27.8 Å². The van der Waals surface area contributed by atoms with Crippen molar-refractivity contribution >= 4 is 29.0 Å². The van der Waals surface area contributed by atoms with Crippen LogP contribution in [0, 0.1) is 0 Å². The minimum Gasteiger partial charge on any atom is -0.350 e. The van der Waals surface area contributed by atoms with Crippen molar-refractivity contribution in [3.8, 4) is 0 Å². The molecule has 7 nitrogen and oxygen atoms in total. The average molecular weight is 338 g/mol. The van der Waals surface area contributed by atoms with Gasteiger partial charge in [0.25, 0.3) is 0 Å². The van der Waals surface area contributed by atoms with Crippen molar-refractivity contribution in [3.63, 3.8) is 0 Å². The van der Waals surface area contributed by atoms with Crippen LogP contribution < -0.4 is 5.32 Å². The number of thiazole rings is 1. The Kier molecular flexibility index (Phi) is 5.04. The number of tetrazole rings is 1. The second kappa shape index (κ2) is 7.19. The molecule has 0 aliphatic carbocycles. The molecule has 0 radical (unpaired) electrons. The van der Waals surface area contributed by atoms with Crippen LogP contribution in [0.1, 0.15) is 41.7 Å². The summed E-state index contributed by atoms with van der Waals surface area (Å²) < 4.78 is 1.75. The fraction of sp³-hybridized carbons (Fsp3) is 0.615. The van der Waals surface area contributed by atoms with Crippen molar-refractivity contribution in [1.29, 1.82) is 0 Å². The molecule has 0 spiro atoms. The molecule has 1 amide bonds. The molecule has 1 N–H and O–H groups in total. The summed E-state index contributed by atoms with van der Waals surface area (Å²) in [7, 11) is 0. The molecule has 0 bridgehead atoms. The summed E-state index contributed by atoms with van der Waals surface area (Å²) in [5, 5.41) is 17.7. The fourth-order valence-electron chi connectivity index (χ4n) is 2.53. The highest BCUT2D eigenvalue weighted by Crippen LogP contribution is 2.24. The average Bonchev–Trinajstić information content (AvgIpc) is 3.11. The van der Waals surface area contributed by atoms with Crippen molar-refractivity contribution in [2.24, 2.45) is 0 Å². The van der Waals surface area contributed by atoms with Crippen molar-refractivity contribution in [2.75, 3.05) is 6.26 Å². The highest BCUT2D eigenvalue weighted by molar-refractivity contribution is 7.97. The number of nitrogens with zero attached hydrogens (tertiary/aromatic N) is 5. The number of nitrogens with one attached hydrogen (secondary N) is 1. The Balaban J connectivity index is 1.62. The summed E-state index contributed by atoms with van der Waals surface area (Å²) in [5.41, 5.74) is 0.913. The maximum absolute atomic E-state index is 12.5. The molecule has 0 saturated heterocycles. The Morgan fingerprint density at radius 2 is 2.45 bits per heavy atom. The number of hydrogen-bond donors (Lipinski definition) is 1. The highest BCUT2D eigenvalue weighted by Gasteiger charge is 2.28. The lowest BCUT2D eigenvalue weighted by Gasteiger charge is -2.12. The Bertz CT molecular complexity index is 640. The predicted octanol–water partition coefficient (Wildman–Crippen LogP) is 1.58. The second-order valence-corrected chi connectivity index (χ2v) is 7.00. The molecule has 2 aromatic heterocycles. The van der Waals surface area contributed by atoms with E-state index >= 15 is 0 Å². The standard InChI is InChI=1S/C13H18N6OS2/c1-21-8-11-15-9(7-22-11)6-14-13(20)10-4-2-3-5-19-12(10)16-17-18-19/h7,10H,2-6,8H2,1H3,(H,14,20)/t10-/m0/s1. The quantitative estimate of drug-likeness (QED) is 0.891. The zero-order valence-corrected chi connectivity index (χ0v) is 14.0. The van der Waals surface area contributed by atoms with Crippen LogP contribution in [0.3, 0.4) is 0 Å². The molecule has 1 aliphatic heterocycles. The van der Waals surface area contributed by atoms with Crippen LogP contribution in [0.4, 0.5) is 0 Å². The number of hydrogen-bond acceptors (Lipinski definition) is 7. The van der Waals surface area contributed by atoms with Crippen LogP contribution in [0.5, 0.6) is 0 Å². The first kappa shape index (κ1) is 15.4.